The molecule has 5 aromatic rings. The molecule has 1 saturated carbocycles. The summed E-state index contributed by atoms with van der Waals surface area (Å²) in [5.41, 5.74) is 5.24. The van der Waals surface area contributed by atoms with Gasteiger partial charge in [-0.05, 0) is 84.1 Å². The van der Waals surface area contributed by atoms with Gasteiger partial charge in [0.15, 0.2) is 0 Å². The molecule has 1 aromatic heterocycles. The molecule has 0 bridgehead atoms. The van der Waals surface area contributed by atoms with Gasteiger partial charge in [-0.3, -0.25) is 4.90 Å². The zero-order valence-corrected chi connectivity index (χ0v) is 25.8. The minimum atomic E-state index is -1.03. The third-order valence-electron chi connectivity index (χ3n) is 8.86. The van der Waals surface area contributed by atoms with E-state index in [1.165, 1.54) is 6.07 Å². The summed E-state index contributed by atoms with van der Waals surface area (Å²) in [6.45, 7) is 1.28. The van der Waals surface area contributed by atoms with Crippen molar-refractivity contribution >= 4 is 40.3 Å². The van der Waals surface area contributed by atoms with Gasteiger partial charge in [-0.1, -0.05) is 49.1 Å². The predicted octanol–water partition coefficient (Wildman–Crippen LogP) is 8.47. The van der Waals surface area contributed by atoms with Crippen molar-refractivity contribution in [1.29, 1.82) is 0 Å². The molecule has 2 aliphatic rings. The molecule has 1 aliphatic carbocycles. The number of hydrogen-bond donors (Lipinski definition) is 2. The van der Waals surface area contributed by atoms with Crippen LogP contribution in [-0.4, -0.2) is 39.7 Å². The van der Waals surface area contributed by atoms with Crippen molar-refractivity contribution in [3.05, 3.63) is 101 Å². The molecule has 0 spiro atoms. The Bertz CT molecular complexity index is 1950. The second-order valence-electron chi connectivity index (χ2n) is 11.8. The van der Waals surface area contributed by atoms with Gasteiger partial charge in [0.1, 0.15) is 24.0 Å². The second kappa shape index (κ2) is 12.5. The van der Waals surface area contributed by atoms with Gasteiger partial charge in [-0.2, -0.15) is 0 Å². The summed E-state index contributed by atoms with van der Waals surface area (Å²) in [6, 6.07) is 22.9. The number of anilines is 1. The topological polar surface area (TPSA) is 96.7 Å². The maximum atomic E-state index is 15.9. The Morgan fingerprint density at radius 3 is 2.48 bits per heavy atom. The van der Waals surface area contributed by atoms with Crippen molar-refractivity contribution < 1.29 is 23.8 Å². The lowest BCUT2D eigenvalue weighted by Crippen LogP contribution is -2.27. The highest BCUT2D eigenvalue weighted by atomic mass is 35.5. The van der Waals surface area contributed by atoms with Gasteiger partial charge in [-0.25, -0.2) is 19.0 Å². The first kappa shape index (κ1) is 29.8. The first-order chi connectivity index (χ1) is 22.4. The Morgan fingerprint density at radius 2 is 1.76 bits per heavy atom. The van der Waals surface area contributed by atoms with Gasteiger partial charge in [0.2, 0.25) is 0 Å². The monoisotopic (exact) mass is 638 g/mol. The van der Waals surface area contributed by atoms with Crippen molar-refractivity contribution in [1.82, 2.24) is 14.9 Å². The number of fused-ring (bicyclic) bond motifs is 1. The van der Waals surface area contributed by atoms with Crippen LogP contribution in [0.3, 0.4) is 0 Å². The molecular weight excluding hydrogens is 607 g/mol. The highest BCUT2D eigenvalue weighted by Crippen LogP contribution is 2.38. The Labute approximate surface area is 270 Å². The molecule has 2 heterocycles. The SMILES string of the molecule is O=C(O)c1ccc2c(c1)nc(-c1ccc(OCc3cc(N4CCNC4=O)ccc3-c3ccc(Cl)cc3)cc1F)n2C1CCCCC1. The van der Waals surface area contributed by atoms with Gasteiger partial charge in [0, 0.05) is 35.9 Å². The fourth-order valence-corrected chi connectivity index (χ4v) is 6.68. The molecule has 2 N–H and O–H groups in total. The number of ether oxygens (including phenoxy) is 1. The number of carbonyl (C=O) groups is 2. The van der Waals surface area contributed by atoms with Crippen molar-refractivity contribution in [2.75, 3.05) is 18.0 Å². The Morgan fingerprint density at radius 1 is 0.978 bits per heavy atom. The fraction of sp³-hybridized carbons (Fsp3) is 0.250. The maximum Gasteiger partial charge on any atom is 0.335 e. The number of aromatic carboxylic acids is 1. The highest BCUT2D eigenvalue weighted by molar-refractivity contribution is 6.30. The lowest BCUT2D eigenvalue weighted by atomic mass is 9.94. The van der Waals surface area contributed by atoms with Gasteiger partial charge >= 0.3 is 12.0 Å². The maximum absolute atomic E-state index is 15.9. The van der Waals surface area contributed by atoms with Gasteiger partial charge in [0.25, 0.3) is 0 Å². The smallest absolute Gasteiger partial charge is 0.335 e. The first-order valence-corrected chi connectivity index (χ1v) is 15.9. The minimum Gasteiger partial charge on any atom is -0.489 e. The summed E-state index contributed by atoms with van der Waals surface area (Å²) < 4.78 is 24.2. The van der Waals surface area contributed by atoms with Gasteiger partial charge in [0.05, 0.1) is 22.2 Å². The number of nitrogens with zero attached hydrogens (tertiary/aromatic N) is 3. The molecule has 8 nitrogen and oxygen atoms in total. The third-order valence-corrected chi connectivity index (χ3v) is 9.12. The van der Waals surface area contributed by atoms with Crippen LogP contribution in [0.1, 0.15) is 54.1 Å². The molecule has 7 rings (SSSR count). The van der Waals surface area contributed by atoms with Crippen LogP contribution in [0.15, 0.2) is 78.9 Å². The first-order valence-electron chi connectivity index (χ1n) is 15.5. The van der Waals surface area contributed by atoms with Crippen LogP contribution in [0.2, 0.25) is 5.02 Å². The molecule has 0 radical (unpaired) electrons. The predicted molar refractivity (Wildman–Crippen MR) is 176 cm³/mol. The molecule has 0 unspecified atom stereocenters. The molecule has 2 fully saturated rings. The molecule has 1 aliphatic heterocycles. The zero-order chi connectivity index (χ0) is 31.8. The Balaban J connectivity index is 1.21. The summed E-state index contributed by atoms with van der Waals surface area (Å²) in [6.07, 6.45) is 5.23. The van der Waals surface area contributed by atoms with E-state index in [2.05, 4.69) is 9.88 Å². The number of amides is 2. The number of carboxylic acids is 1. The molecule has 0 atom stereocenters. The van der Waals surface area contributed by atoms with Crippen LogP contribution in [-0.2, 0) is 6.61 Å². The van der Waals surface area contributed by atoms with E-state index < -0.39 is 11.8 Å². The van der Waals surface area contributed by atoms with Crippen LogP contribution in [0, 0.1) is 5.82 Å². The second-order valence-corrected chi connectivity index (χ2v) is 12.2. The number of halogens is 2. The Hall–Kier alpha value is -4.89. The van der Waals surface area contributed by atoms with E-state index in [1.807, 2.05) is 42.5 Å². The summed E-state index contributed by atoms with van der Waals surface area (Å²) in [5.74, 6) is -0.684. The van der Waals surface area contributed by atoms with E-state index in [9.17, 15) is 14.7 Å². The summed E-state index contributed by atoms with van der Waals surface area (Å²) in [4.78, 5) is 30.5. The number of nitrogens with one attached hydrogen (secondary N) is 1. The van der Waals surface area contributed by atoms with Crippen LogP contribution in [0.25, 0.3) is 33.5 Å². The van der Waals surface area contributed by atoms with Crippen LogP contribution in [0.4, 0.5) is 14.9 Å². The number of benzene rings is 4. The van der Waals surface area contributed by atoms with Crippen LogP contribution in [0.5, 0.6) is 5.75 Å². The van der Waals surface area contributed by atoms with Crippen molar-refractivity contribution in [3.63, 3.8) is 0 Å². The summed E-state index contributed by atoms with van der Waals surface area (Å²) in [7, 11) is 0. The zero-order valence-electron chi connectivity index (χ0n) is 25.0. The minimum absolute atomic E-state index is 0.137. The molecule has 234 valence electrons. The van der Waals surface area contributed by atoms with Crippen molar-refractivity contribution in [3.8, 4) is 28.3 Å². The number of urea groups is 1. The van der Waals surface area contributed by atoms with E-state index in [1.54, 1.807) is 35.2 Å². The van der Waals surface area contributed by atoms with Crippen LogP contribution < -0.4 is 15.0 Å². The largest absolute Gasteiger partial charge is 0.489 e. The molecule has 1 saturated heterocycles. The molecular formula is C36H32ClFN4O4. The summed E-state index contributed by atoms with van der Waals surface area (Å²) >= 11 is 6.13. The van der Waals surface area contributed by atoms with E-state index in [4.69, 9.17) is 21.3 Å². The van der Waals surface area contributed by atoms with Crippen LogP contribution >= 0.6 is 11.6 Å². The number of aromatic nitrogens is 2. The molecule has 4 aromatic carbocycles. The van der Waals surface area contributed by atoms with E-state index in [-0.39, 0.29) is 24.2 Å². The quantitative estimate of drug-likeness (QED) is 0.178. The molecule has 10 heteroatoms. The lowest BCUT2D eigenvalue weighted by Gasteiger charge is -2.25. The summed E-state index contributed by atoms with van der Waals surface area (Å²) in [5, 5.41) is 13.0. The standard InChI is InChI=1S/C36H32ClFN4O4/c37-25-9-6-22(7-10-25)29-13-11-27(41-17-16-39-36(41)45)18-24(29)21-46-28-12-14-30(31(38)20-28)34-40-32-19-23(35(43)44)8-15-33(32)42(34)26-4-2-1-3-5-26/h6-15,18-20,26H,1-5,16-17,21H2,(H,39,45)(H,43,44). The van der Waals surface area contributed by atoms with Crippen molar-refractivity contribution in [2.24, 2.45) is 0 Å². The molecule has 46 heavy (non-hydrogen) atoms. The number of hydrogen-bond acceptors (Lipinski definition) is 4. The Kier molecular flexibility index (Phi) is 8.09. The normalized spacial score (nSPS) is 15.3. The fourth-order valence-electron chi connectivity index (χ4n) is 6.56. The number of rotatable bonds is 8. The number of carboxylic acid groups (broad SMARTS) is 1. The lowest BCUT2D eigenvalue weighted by molar-refractivity contribution is 0.0697. The van der Waals surface area contributed by atoms with Crippen molar-refractivity contribution in [2.45, 2.75) is 44.8 Å². The van der Waals surface area contributed by atoms with Gasteiger partial charge < -0.3 is 19.7 Å². The molecule has 2 amide bonds. The van der Waals surface area contributed by atoms with E-state index in [0.29, 0.717) is 40.8 Å². The highest BCUT2D eigenvalue weighted by Gasteiger charge is 2.25. The van der Waals surface area contributed by atoms with E-state index >= 15 is 4.39 Å². The number of carbonyl (C=O) groups excluding carboxylic acids is 1. The third kappa shape index (κ3) is 5.78. The van der Waals surface area contributed by atoms with Gasteiger partial charge in [-0.15, -0.1) is 0 Å². The average Bonchev–Trinajstić information content (AvgIpc) is 3.67. The number of imidazole rings is 1. The van der Waals surface area contributed by atoms with E-state index in [0.717, 1.165) is 60.0 Å². The average molecular weight is 639 g/mol.